The van der Waals surface area contributed by atoms with Gasteiger partial charge in [-0.3, -0.25) is 9.78 Å². The van der Waals surface area contributed by atoms with E-state index < -0.39 is 11.0 Å². The number of Topliss-reactive ketones (excluding diaryl/α,β-unsaturated/α-hetero) is 1. The van der Waals surface area contributed by atoms with Gasteiger partial charge in [0, 0.05) is 18.2 Å². The average molecular weight is 270 g/mol. The first kappa shape index (κ1) is 14.4. The van der Waals surface area contributed by atoms with Gasteiger partial charge in [0.05, 0.1) is 11.3 Å². The van der Waals surface area contributed by atoms with Crippen LogP contribution in [0.5, 0.6) is 0 Å². The zero-order chi connectivity index (χ0) is 15.0. The molecule has 0 saturated heterocycles. The minimum atomic E-state index is -0.825. The number of ketones is 1. The van der Waals surface area contributed by atoms with Crippen molar-refractivity contribution >= 4 is 5.78 Å². The summed E-state index contributed by atoms with van der Waals surface area (Å²) >= 11 is 0. The van der Waals surface area contributed by atoms with Crippen LogP contribution < -0.4 is 0 Å². The van der Waals surface area contributed by atoms with Crippen LogP contribution in [0.3, 0.4) is 0 Å². The number of nitrogens with zero attached hydrogens (tertiary/aromatic N) is 2. The molecule has 1 heterocycles. The number of hydrogen-bond acceptors (Lipinski definition) is 4. The topological polar surface area (TPSA) is 63.0 Å². The third kappa shape index (κ3) is 2.25. The molecule has 4 nitrogen and oxygen atoms in total. The minimum Gasteiger partial charge on any atom is -0.368 e. The molecule has 0 aromatic carbocycles. The Balaban J connectivity index is 2.64. The SMILES string of the molecule is CO[C@]1(c2cccc(C)n2)C=C(C#N)C(=O)C(C)(C)C1. The van der Waals surface area contributed by atoms with Crippen molar-refractivity contribution in [3.63, 3.8) is 0 Å². The fourth-order valence-electron chi connectivity index (χ4n) is 2.71. The summed E-state index contributed by atoms with van der Waals surface area (Å²) in [6, 6.07) is 7.66. The summed E-state index contributed by atoms with van der Waals surface area (Å²) in [6.07, 6.45) is 2.08. The van der Waals surface area contributed by atoms with Gasteiger partial charge in [0.2, 0.25) is 0 Å². The smallest absolute Gasteiger partial charge is 0.178 e. The molecule has 2 rings (SSSR count). The maximum absolute atomic E-state index is 12.2. The summed E-state index contributed by atoms with van der Waals surface area (Å²) in [7, 11) is 1.58. The average Bonchev–Trinajstić information content (AvgIpc) is 2.41. The van der Waals surface area contributed by atoms with Crippen molar-refractivity contribution in [1.29, 1.82) is 5.26 Å². The summed E-state index contributed by atoms with van der Waals surface area (Å²) in [5.74, 6) is -0.139. The molecule has 0 unspecified atom stereocenters. The maximum atomic E-state index is 12.2. The second-order valence-corrected chi connectivity index (χ2v) is 5.82. The molecule has 4 heteroatoms. The van der Waals surface area contributed by atoms with E-state index in [0.717, 1.165) is 11.4 Å². The van der Waals surface area contributed by atoms with Crippen LogP contribution >= 0.6 is 0 Å². The molecule has 1 aliphatic carbocycles. The predicted octanol–water partition coefficient (Wildman–Crippen LogP) is 2.68. The Morgan fingerprint density at radius 1 is 1.40 bits per heavy atom. The van der Waals surface area contributed by atoms with Gasteiger partial charge >= 0.3 is 0 Å². The number of aryl methyl sites for hydroxylation is 1. The van der Waals surface area contributed by atoms with Crippen molar-refractivity contribution in [1.82, 2.24) is 4.98 Å². The molecule has 0 amide bonds. The molecule has 0 spiro atoms. The number of rotatable bonds is 2. The Morgan fingerprint density at radius 3 is 2.65 bits per heavy atom. The summed E-state index contributed by atoms with van der Waals surface area (Å²) in [6.45, 7) is 5.58. The van der Waals surface area contributed by atoms with Crippen molar-refractivity contribution in [2.24, 2.45) is 5.41 Å². The van der Waals surface area contributed by atoms with Gasteiger partial charge in [0.25, 0.3) is 0 Å². The number of hydrogen-bond donors (Lipinski definition) is 0. The molecule has 0 aliphatic heterocycles. The first-order valence-corrected chi connectivity index (χ1v) is 6.52. The molecule has 0 N–H and O–H groups in total. The van der Waals surface area contributed by atoms with Gasteiger partial charge in [-0.2, -0.15) is 5.26 Å². The molecule has 104 valence electrons. The molecular formula is C16H18N2O2. The molecule has 1 atom stereocenters. The van der Waals surface area contributed by atoms with Crippen molar-refractivity contribution < 1.29 is 9.53 Å². The third-order valence-corrected chi connectivity index (χ3v) is 3.75. The largest absolute Gasteiger partial charge is 0.368 e. The number of aromatic nitrogens is 1. The second kappa shape index (κ2) is 4.84. The van der Waals surface area contributed by atoms with Crippen LogP contribution in [-0.2, 0) is 15.1 Å². The van der Waals surface area contributed by atoms with E-state index in [1.807, 2.05) is 45.0 Å². The van der Waals surface area contributed by atoms with Gasteiger partial charge in [0.1, 0.15) is 11.7 Å². The standard InChI is InChI=1S/C16H18N2O2/c1-11-6-5-7-13(18-11)16(20-4)8-12(9-17)14(19)15(2,3)10-16/h5-8H,10H2,1-4H3/t16-/m1/s1. The van der Waals surface area contributed by atoms with Crippen LogP contribution in [-0.4, -0.2) is 17.9 Å². The molecule has 0 bridgehead atoms. The van der Waals surface area contributed by atoms with Crippen molar-refractivity contribution in [2.45, 2.75) is 32.8 Å². The Kier molecular flexibility index (Phi) is 3.49. The molecule has 20 heavy (non-hydrogen) atoms. The van der Waals surface area contributed by atoms with E-state index in [1.54, 1.807) is 13.2 Å². The highest BCUT2D eigenvalue weighted by Gasteiger charge is 2.47. The lowest BCUT2D eigenvalue weighted by atomic mass is 9.68. The van der Waals surface area contributed by atoms with Gasteiger partial charge in [-0.1, -0.05) is 19.9 Å². The Bertz CT molecular complexity index is 626. The molecule has 0 saturated carbocycles. The number of allylic oxidation sites excluding steroid dienone is 1. The summed E-state index contributed by atoms with van der Waals surface area (Å²) in [4.78, 5) is 16.7. The predicted molar refractivity (Wildman–Crippen MR) is 74.8 cm³/mol. The fraction of sp³-hybridized carbons (Fsp3) is 0.438. The van der Waals surface area contributed by atoms with Crippen LogP contribution in [0.25, 0.3) is 0 Å². The summed E-state index contributed by atoms with van der Waals surface area (Å²) in [5, 5.41) is 9.21. The van der Waals surface area contributed by atoms with Crippen molar-refractivity contribution in [3.05, 3.63) is 41.2 Å². The van der Waals surface area contributed by atoms with Gasteiger partial charge in [-0.25, -0.2) is 0 Å². The van der Waals surface area contributed by atoms with E-state index in [4.69, 9.17) is 4.74 Å². The van der Waals surface area contributed by atoms with Gasteiger partial charge in [-0.15, -0.1) is 0 Å². The number of carbonyl (C=O) groups excluding carboxylic acids is 1. The second-order valence-electron chi connectivity index (χ2n) is 5.82. The number of pyridine rings is 1. The Hall–Kier alpha value is -1.99. The molecule has 0 radical (unpaired) electrons. The van der Waals surface area contributed by atoms with Gasteiger partial charge in [0.15, 0.2) is 5.78 Å². The molecule has 1 aromatic rings. The highest BCUT2D eigenvalue weighted by atomic mass is 16.5. The van der Waals surface area contributed by atoms with E-state index >= 15 is 0 Å². The van der Waals surface area contributed by atoms with Crippen LogP contribution in [0.15, 0.2) is 29.8 Å². The molecular weight excluding hydrogens is 252 g/mol. The molecule has 1 aliphatic rings. The van der Waals surface area contributed by atoms with E-state index in [-0.39, 0.29) is 11.4 Å². The lowest BCUT2D eigenvalue weighted by Gasteiger charge is -2.39. The highest BCUT2D eigenvalue weighted by Crippen LogP contribution is 2.44. The van der Waals surface area contributed by atoms with Gasteiger partial charge in [-0.05, 0) is 31.6 Å². The lowest BCUT2D eigenvalue weighted by molar-refractivity contribution is -0.128. The first-order valence-electron chi connectivity index (χ1n) is 6.52. The maximum Gasteiger partial charge on any atom is 0.178 e. The van der Waals surface area contributed by atoms with E-state index in [1.165, 1.54) is 0 Å². The molecule has 1 aromatic heterocycles. The van der Waals surface area contributed by atoms with Crippen LogP contribution in [0.1, 0.15) is 31.7 Å². The highest BCUT2D eigenvalue weighted by molar-refractivity contribution is 6.03. The van der Waals surface area contributed by atoms with Crippen LogP contribution in [0, 0.1) is 23.7 Å². The number of ether oxygens (including phenoxy) is 1. The van der Waals surface area contributed by atoms with E-state index in [0.29, 0.717) is 6.42 Å². The first-order chi connectivity index (χ1) is 9.34. The summed E-state index contributed by atoms with van der Waals surface area (Å²) < 4.78 is 5.69. The number of nitriles is 1. The normalized spacial score (nSPS) is 24.9. The Morgan fingerprint density at radius 2 is 2.10 bits per heavy atom. The quantitative estimate of drug-likeness (QED) is 0.828. The minimum absolute atomic E-state index is 0.139. The Labute approximate surface area is 119 Å². The van der Waals surface area contributed by atoms with E-state index in [9.17, 15) is 10.1 Å². The van der Waals surface area contributed by atoms with Crippen molar-refractivity contribution in [3.8, 4) is 6.07 Å². The molecule has 0 fully saturated rings. The number of methoxy groups -OCH3 is 1. The van der Waals surface area contributed by atoms with E-state index in [2.05, 4.69) is 4.98 Å². The van der Waals surface area contributed by atoms with Crippen molar-refractivity contribution in [2.75, 3.05) is 7.11 Å². The summed E-state index contributed by atoms with van der Waals surface area (Å²) in [5.41, 5.74) is 0.274. The monoisotopic (exact) mass is 270 g/mol. The van der Waals surface area contributed by atoms with Crippen LogP contribution in [0.2, 0.25) is 0 Å². The zero-order valence-electron chi connectivity index (χ0n) is 12.2. The van der Waals surface area contributed by atoms with Gasteiger partial charge < -0.3 is 4.74 Å². The zero-order valence-corrected chi connectivity index (χ0v) is 12.2. The van der Waals surface area contributed by atoms with Crippen LogP contribution in [0.4, 0.5) is 0 Å². The number of carbonyl (C=O) groups is 1. The third-order valence-electron chi connectivity index (χ3n) is 3.75. The lowest BCUT2D eigenvalue weighted by Crippen LogP contribution is -2.42. The fourth-order valence-corrected chi connectivity index (χ4v) is 2.71.